The number of nitro groups is 1. The number of nitrogens with one attached hydrogen (secondary N) is 1. The maximum atomic E-state index is 10.6. The molecule has 0 fully saturated rings. The molecule has 0 atom stereocenters. The van der Waals surface area contributed by atoms with Crippen LogP contribution in [0.15, 0.2) is 18.2 Å². The molecule has 17 heavy (non-hydrogen) atoms. The van der Waals surface area contributed by atoms with Gasteiger partial charge in [0.2, 0.25) is 0 Å². The molecule has 1 N–H and O–H groups in total. The number of hydrogen-bond donors (Lipinski definition) is 1. The van der Waals surface area contributed by atoms with Crippen LogP contribution in [0.2, 0.25) is 5.02 Å². The number of nitrogens with zero attached hydrogens (tertiary/aromatic N) is 1. The van der Waals surface area contributed by atoms with Crippen LogP contribution in [0.3, 0.4) is 0 Å². The van der Waals surface area contributed by atoms with E-state index in [1.165, 1.54) is 12.1 Å². The highest BCUT2D eigenvalue weighted by atomic mass is 35.5. The molecule has 0 aliphatic rings. The average Bonchev–Trinajstić information content (AvgIpc) is 2.30. The molecule has 0 radical (unpaired) electrons. The first-order valence-corrected chi connectivity index (χ1v) is 7.05. The lowest BCUT2D eigenvalue weighted by Crippen LogP contribution is -2.15. The molecule has 0 aromatic heterocycles. The van der Waals surface area contributed by atoms with Crippen LogP contribution in [0.1, 0.15) is 12.0 Å². The highest BCUT2D eigenvalue weighted by Crippen LogP contribution is 2.21. The van der Waals surface area contributed by atoms with E-state index < -0.39 is 4.92 Å². The molecule has 1 aromatic rings. The van der Waals surface area contributed by atoms with E-state index in [0.717, 1.165) is 24.3 Å². The van der Waals surface area contributed by atoms with Crippen molar-refractivity contribution < 1.29 is 4.92 Å². The Labute approximate surface area is 110 Å². The first kappa shape index (κ1) is 14.3. The van der Waals surface area contributed by atoms with Crippen LogP contribution in [0.4, 0.5) is 5.69 Å². The molecule has 0 spiro atoms. The Morgan fingerprint density at radius 2 is 2.29 bits per heavy atom. The van der Waals surface area contributed by atoms with Gasteiger partial charge in [-0.1, -0.05) is 11.6 Å². The third-order valence-electron chi connectivity index (χ3n) is 2.26. The molecular weight excluding hydrogens is 260 g/mol. The normalized spacial score (nSPS) is 10.5. The summed E-state index contributed by atoms with van der Waals surface area (Å²) in [4.78, 5) is 10.2. The minimum atomic E-state index is -0.409. The molecule has 0 bridgehead atoms. The van der Waals surface area contributed by atoms with Crippen molar-refractivity contribution in [2.75, 3.05) is 18.6 Å². The fourth-order valence-electron chi connectivity index (χ4n) is 1.37. The van der Waals surface area contributed by atoms with Crippen LogP contribution in [0, 0.1) is 10.1 Å². The predicted octanol–water partition coefficient (Wildman–Crippen LogP) is 3.09. The van der Waals surface area contributed by atoms with Gasteiger partial charge in [0.1, 0.15) is 0 Å². The van der Waals surface area contributed by atoms with Crippen molar-refractivity contribution in [3.8, 4) is 0 Å². The van der Waals surface area contributed by atoms with E-state index >= 15 is 0 Å². The first-order valence-electron chi connectivity index (χ1n) is 5.27. The molecule has 6 heteroatoms. The summed E-state index contributed by atoms with van der Waals surface area (Å²) in [6, 6.07) is 4.50. The number of rotatable bonds is 7. The summed E-state index contributed by atoms with van der Waals surface area (Å²) >= 11 is 7.78. The quantitative estimate of drug-likeness (QED) is 0.472. The van der Waals surface area contributed by atoms with E-state index in [0.29, 0.717) is 11.6 Å². The maximum absolute atomic E-state index is 10.6. The van der Waals surface area contributed by atoms with Crippen molar-refractivity contribution in [2.45, 2.75) is 13.0 Å². The SMILES string of the molecule is CSCCCNCc1cc([N+](=O)[O-])ccc1Cl. The van der Waals surface area contributed by atoms with Crippen molar-refractivity contribution in [2.24, 2.45) is 0 Å². The predicted molar refractivity (Wildman–Crippen MR) is 72.8 cm³/mol. The summed E-state index contributed by atoms with van der Waals surface area (Å²) in [7, 11) is 0. The number of nitro benzene ring substituents is 1. The van der Waals surface area contributed by atoms with Crippen molar-refractivity contribution in [3.05, 3.63) is 38.9 Å². The Kier molecular flexibility index (Phi) is 6.32. The van der Waals surface area contributed by atoms with Gasteiger partial charge in [-0.25, -0.2) is 0 Å². The average molecular weight is 275 g/mol. The monoisotopic (exact) mass is 274 g/mol. The summed E-state index contributed by atoms with van der Waals surface area (Å²) < 4.78 is 0. The molecule has 0 saturated heterocycles. The molecule has 0 heterocycles. The fraction of sp³-hybridized carbons (Fsp3) is 0.455. The van der Waals surface area contributed by atoms with E-state index in [1.807, 2.05) is 0 Å². The number of hydrogen-bond acceptors (Lipinski definition) is 4. The van der Waals surface area contributed by atoms with Crippen molar-refractivity contribution >= 4 is 29.1 Å². The van der Waals surface area contributed by atoms with Gasteiger partial charge in [0.05, 0.1) is 4.92 Å². The first-order chi connectivity index (χ1) is 8.15. The summed E-state index contributed by atoms with van der Waals surface area (Å²) in [6.07, 6.45) is 3.14. The lowest BCUT2D eigenvalue weighted by molar-refractivity contribution is -0.384. The minimum Gasteiger partial charge on any atom is -0.313 e. The van der Waals surface area contributed by atoms with Crippen LogP contribution >= 0.6 is 23.4 Å². The van der Waals surface area contributed by atoms with Gasteiger partial charge < -0.3 is 5.32 Å². The Morgan fingerprint density at radius 1 is 1.53 bits per heavy atom. The van der Waals surface area contributed by atoms with Crippen molar-refractivity contribution in [3.63, 3.8) is 0 Å². The Hall–Kier alpha value is -0.780. The lowest BCUT2D eigenvalue weighted by atomic mass is 10.2. The van der Waals surface area contributed by atoms with Crippen molar-refractivity contribution in [1.29, 1.82) is 0 Å². The minimum absolute atomic E-state index is 0.0790. The van der Waals surface area contributed by atoms with Gasteiger partial charge in [-0.3, -0.25) is 10.1 Å². The Morgan fingerprint density at radius 3 is 2.94 bits per heavy atom. The summed E-state index contributed by atoms with van der Waals surface area (Å²) in [5, 5.41) is 14.4. The largest absolute Gasteiger partial charge is 0.313 e. The van der Waals surface area contributed by atoms with E-state index in [9.17, 15) is 10.1 Å². The number of non-ortho nitro benzene ring substituents is 1. The van der Waals surface area contributed by atoms with Crippen LogP contribution in [0.25, 0.3) is 0 Å². The third kappa shape index (κ3) is 4.93. The van der Waals surface area contributed by atoms with Gasteiger partial charge in [-0.05, 0) is 36.6 Å². The van der Waals surface area contributed by atoms with Gasteiger partial charge in [-0.2, -0.15) is 11.8 Å². The van der Waals surface area contributed by atoms with E-state index in [1.54, 1.807) is 17.8 Å². The molecule has 4 nitrogen and oxygen atoms in total. The summed E-state index contributed by atoms with van der Waals surface area (Å²) in [6.45, 7) is 1.45. The molecular formula is C11H15ClN2O2S. The standard InChI is InChI=1S/C11H15ClN2O2S/c1-17-6-2-5-13-8-9-7-10(14(15)16)3-4-11(9)12/h3-4,7,13H,2,5-6,8H2,1H3. The fourth-order valence-corrected chi connectivity index (χ4v) is 1.99. The van der Waals surface area contributed by atoms with Crippen LogP contribution in [-0.4, -0.2) is 23.5 Å². The topological polar surface area (TPSA) is 55.2 Å². The van der Waals surface area contributed by atoms with E-state index in [2.05, 4.69) is 11.6 Å². The maximum Gasteiger partial charge on any atom is 0.269 e. The van der Waals surface area contributed by atoms with Crippen molar-refractivity contribution in [1.82, 2.24) is 5.32 Å². The molecule has 94 valence electrons. The molecule has 1 rings (SSSR count). The van der Waals surface area contributed by atoms with Gasteiger partial charge in [0, 0.05) is 23.7 Å². The smallest absolute Gasteiger partial charge is 0.269 e. The zero-order valence-electron chi connectivity index (χ0n) is 9.61. The summed E-state index contributed by atoms with van der Waals surface area (Å²) in [5.41, 5.74) is 0.848. The van der Waals surface area contributed by atoms with Gasteiger partial charge in [0.25, 0.3) is 5.69 Å². The zero-order chi connectivity index (χ0) is 12.7. The Bertz CT molecular complexity index is 388. The zero-order valence-corrected chi connectivity index (χ0v) is 11.2. The second-order valence-electron chi connectivity index (χ2n) is 3.56. The van der Waals surface area contributed by atoms with Crippen LogP contribution in [-0.2, 0) is 6.54 Å². The molecule has 0 aliphatic carbocycles. The summed E-state index contributed by atoms with van der Waals surface area (Å²) in [5.74, 6) is 1.11. The number of thioether (sulfide) groups is 1. The molecule has 0 unspecified atom stereocenters. The van der Waals surface area contributed by atoms with Gasteiger partial charge >= 0.3 is 0 Å². The second kappa shape index (κ2) is 7.53. The molecule has 0 saturated carbocycles. The molecule has 0 aliphatic heterocycles. The van der Waals surface area contributed by atoms with Gasteiger partial charge in [0.15, 0.2) is 0 Å². The second-order valence-corrected chi connectivity index (χ2v) is 4.95. The van der Waals surface area contributed by atoms with E-state index in [4.69, 9.17) is 11.6 Å². The number of benzene rings is 1. The lowest BCUT2D eigenvalue weighted by Gasteiger charge is -2.06. The van der Waals surface area contributed by atoms with Crippen LogP contribution < -0.4 is 5.32 Å². The highest BCUT2D eigenvalue weighted by molar-refractivity contribution is 7.98. The number of halogens is 1. The van der Waals surface area contributed by atoms with Gasteiger partial charge in [-0.15, -0.1) is 0 Å². The van der Waals surface area contributed by atoms with E-state index in [-0.39, 0.29) is 5.69 Å². The molecule has 1 aromatic carbocycles. The highest BCUT2D eigenvalue weighted by Gasteiger charge is 2.08. The Balaban J connectivity index is 2.51. The molecule has 0 amide bonds. The third-order valence-corrected chi connectivity index (χ3v) is 3.32. The van der Waals surface area contributed by atoms with Crippen LogP contribution in [0.5, 0.6) is 0 Å².